The first-order valence-electron chi connectivity index (χ1n) is 4.25. The molecule has 5 N–H and O–H groups in total. The second kappa shape index (κ2) is 6.00. The van der Waals surface area contributed by atoms with E-state index in [-0.39, 0.29) is 12.5 Å². The molecular weight excluding hydrogens is 182 g/mol. The number of carbonyl (C=O) groups is 2. The summed E-state index contributed by atoms with van der Waals surface area (Å²) in [5.41, 5.74) is 10.3. The zero-order valence-corrected chi connectivity index (χ0v) is 8.12. The number of nitrogens with two attached hydrogens (primary N) is 2. The highest BCUT2D eigenvalue weighted by atomic mass is 16.2. The standard InChI is InChI=1S/C9H15N3O2/c1-3-4-6(2)12-9(14)7(10)5-8(11)13/h1,6-7H,4-5,10H2,2H3,(H2,11,13)(H,12,14). The molecule has 0 rings (SSSR count). The van der Waals surface area contributed by atoms with Gasteiger partial charge in [0, 0.05) is 12.5 Å². The van der Waals surface area contributed by atoms with Crippen LogP contribution in [0, 0.1) is 12.3 Å². The summed E-state index contributed by atoms with van der Waals surface area (Å²) in [6.07, 6.45) is 5.32. The molecule has 2 atom stereocenters. The van der Waals surface area contributed by atoms with E-state index in [4.69, 9.17) is 17.9 Å². The third-order valence-corrected chi connectivity index (χ3v) is 1.57. The molecule has 0 saturated heterocycles. The van der Waals surface area contributed by atoms with Crippen molar-refractivity contribution in [1.29, 1.82) is 0 Å². The van der Waals surface area contributed by atoms with Crippen molar-refractivity contribution in [3.8, 4) is 12.3 Å². The molecule has 5 heteroatoms. The van der Waals surface area contributed by atoms with Crippen molar-refractivity contribution in [2.75, 3.05) is 0 Å². The van der Waals surface area contributed by atoms with Crippen molar-refractivity contribution in [3.63, 3.8) is 0 Å². The van der Waals surface area contributed by atoms with Gasteiger partial charge in [-0.1, -0.05) is 0 Å². The van der Waals surface area contributed by atoms with Crippen molar-refractivity contribution in [2.24, 2.45) is 11.5 Å². The Hall–Kier alpha value is -1.54. The van der Waals surface area contributed by atoms with Crippen LogP contribution in [-0.2, 0) is 9.59 Å². The Bertz CT molecular complexity index is 257. The minimum absolute atomic E-state index is 0.147. The Labute approximate surface area is 83.2 Å². The van der Waals surface area contributed by atoms with Gasteiger partial charge in [-0.2, -0.15) is 0 Å². The second-order valence-electron chi connectivity index (χ2n) is 3.09. The summed E-state index contributed by atoms with van der Waals surface area (Å²) in [7, 11) is 0. The maximum atomic E-state index is 11.3. The van der Waals surface area contributed by atoms with E-state index in [1.54, 1.807) is 6.92 Å². The predicted molar refractivity (Wildman–Crippen MR) is 52.8 cm³/mol. The Morgan fingerprint density at radius 3 is 2.57 bits per heavy atom. The van der Waals surface area contributed by atoms with Crippen LogP contribution in [0.15, 0.2) is 0 Å². The molecule has 0 aromatic carbocycles. The van der Waals surface area contributed by atoms with Crippen LogP contribution < -0.4 is 16.8 Å². The highest BCUT2D eigenvalue weighted by Gasteiger charge is 2.17. The first-order chi connectivity index (χ1) is 6.47. The number of hydrogen-bond acceptors (Lipinski definition) is 3. The smallest absolute Gasteiger partial charge is 0.237 e. The van der Waals surface area contributed by atoms with Crippen LogP contribution in [-0.4, -0.2) is 23.9 Å². The Morgan fingerprint density at radius 2 is 2.14 bits per heavy atom. The molecule has 5 nitrogen and oxygen atoms in total. The van der Waals surface area contributed by atoms with Crippen molar-refractivity contribution < 1.29 is 9.59 Å². The Morgan fingerprint density at radius 1 is 1.57 bits per heavy atom. The summed E-state index contributed by atoms with van der Waals surface area (Å²) in [6.45, 7) is 1.76. The number of hydrogen-bond donors (Lipinski definition) is 3. The van der Waals surface area contributed by atoms with Gasteiger partial charge in [-0.15, -0.1) is 12.3 Å². The van der Waals surface area contributed by atoms with Crippen LogP contribution >= 0.6 is 0 Å². The van der Waals surface area contributed by atoms with Gasteiger partial charge in [-0.05, 0) is 6.92 Å². The van der Waals surface area contributed by atoms with Crippen molar-refractivity contribution in [2.45, 2.75) is 31.8 Å². The molecular formula is C9H15N3O2. The van der Waals surface area contributed by atoms with Gasteiger partial charge in [0.1, 0.15) is 0 Å². The minimum atomic E-state index is -0.896. The average Bonchev–Trinajstić information content (AvgIpc) is 2.02. The molecule has 0 aromatic rings. The summed E-state index contributed by atoms with van der Waals surface area (Å²) < 4.78 is 0. The molecule has 0 spiro atoms. The lowest BCUT2D eigenvalue weighted by atomic mass is 10.1. The van der Waals surface area contributed by atoms with Gasteiger partial charge in [-0.3, -0.25) is 9.59 Å². The highest BCUT2D eigenvalue weighted by molar-refractivity contribution is 5.87. The van der Waals surface area contributed by atoms with E-state index >= 15 is 0 Å². The van der Waals surface area contributed by atoms with Crippen LogP contribution in [0.3, 0.4) is 0 Å². The maximum Gasteiger partial charge on any atom is 0.237 e. The van der Waals surface area contributed by atoms with Crippen molar-refractivity contribution in [3.05, 3.63) is 0 Å². The zero-order valence-electron chi connectivity index (χ0n) is 8.12. The summed E-state index contributed by atoms with van der Waals surface area (Å²) in [5.74, 6) is 1.39. The second-order valence-corrected chi connectivity index (χ2v) is 3.09. The lowest BCUT2D eigenvalue weighted by Crippen LogP contribution is -2.46. The average molecular weight is 197 g/mol. The van der Waals surface area contributed by atoms with Crippen LogP contribution in [0.1, 0.15) is 19.8 Å². The fraction of sp³-hybridized carbons (Fsp3) is 0.556. The van der Waals surface area contributed by atoms with Crippen LogP contribution in [0.5, 0.6) is 0 Å². The van der Waals surface area contributed by atoms with E-state index in [0.29, 0.717) is 6.42 Å². The summed E-state index contributed by atoms with van der Waals surface area (Å²) in [4.78, 5) is 21.7. The van der Waals surface area contributed by atoms with Gasteiger partial charge in [0.15, 0.2) is 0 Å². The lowest BCUT2D eigenvalue weighted by Gasteiger charge is -2.14. The number of amides is 2. The summed E-state index contributed by atoms with van der Waals surface area (Å²) in [6, 6.07) is -1.04. The Kier molecular flexibility index (Phi) is 5.34. The van der Waals surface area contributed by atoms with Crippen LogP contribution in [0.25, 0.3) is 0 Å². The van der Waals surface area contributed by atoms with E-state index in [1.807, 2.05) is 0 Å². The normalized spacial score (nSPS) is 13.8. The molecule has 2 amide bonds. The Balaban J connectivity index is 3.96. The van der Waals surface area contributed by atoms with E-state index in [0.717, 1.165) is 0 Å². The number of nitrogens with one attached hydrogen (secondary N) is 1. The minimum Gasteiger partial charge on any atom is -0.370 e. The molecule has 0 aliphatic rings. The third-order valence-electron chi connectivity index (χ3n) is 1.57. The largest absolute Gasteiger partial charge is 0.370 e. The van der Waals surface area contributed by atoms with Crippen molar-refractivity contribution >= 4 is 11.8 Å². The summed E-state index contributed by atoms with van der Waals surface area (Å²) in [5, 5.41) is 2.57. The molecule has 0 radical (unpaired) electrons. The highest BCUT2D eigenvalue weighted by Crippen LogP contribution is 1.92. The van der Waals surface area contributed by atoms with Crippen LogP contribution in [0.4, 0.5) is 0 Å². The molecule has 78 valence electrons. The zero-order chi connectivity index (χ0) is 11.1. The summed E-state index contributed by atoms with van der Waals surface area (Å²) >= 11 is 0. The van der Waals surface area contributed by atoms with Gasteiger partial charge in [0.25, 0.3) is 0 Å². The van der Waals surface area contributed by atoms with Gasteiger partial charge < -0.3 is 16.8 Å². The molecule has 2 unspecified atom stereocenters. The number of rotatable bonds is 5. The van der Waals surface area contributed by atoms with Gasteiger partial charge in [0.2, 0.25) is 11.8 Å². The third kappa shape index (κ3) is 5.17. The van der Waals surface area contributed by atoms with Gasteiger partial charge in [0.05, 0.1) is 12.5 Å². The van der Waals surface area contributed by atoms with Crippen LogP contribution in [0.2, 0.25) is 0 Å². The first-order valence-corrected chi connectivity index (χ1v) is 4.25. The fourth-order valence-electron chi connectivity index (χ4n) is 0.887. The molecule has 0 saturated carbocycles. The van der Waals surface area contributed by atoms with E-state index in [2.05, 4.69) is 11.2 Å². The number of carbonyl (C=O) groups excluding carboxylic acids is 2. The molecule has 0 aliphatic carbocycles. The number of primary amides is 1. The van der Waals surface area contributed by atoms with E-state index in [9.17, 15) is 9.59 Å². The maximum absolute atomic E-state index is 11.3. The fourth-order valence-corrected chi connectivity index (χ4v) is 0.887. The van der Waals surface area contributed by atoms with Crippen molar-refractivity contribution in [1.82, 2.24) is 5.32 Å². The predicted octanol–water partition coefficient (Wildman–Crippen LogP) is -1.28. The molecule has 0 heterocycles. The number of terminal acetylenes is 1. The van der Waals surface area contributed by atoms with E-state index < -0.39 is 17.9 Å². The SMILES string of the molecule is C#CCC(C)NC(=O)C(N)CC(N)=O. The lowest BCUT2D eigenvalue weighted by molar-refractivity contribution is -0.126. The first kappa shape index (κ1) is 12.5. The quantitative estimate of drug-likeness (QED) is 0.478. The monoisotopic (exact) mass is 197 g/mol. The molecule has 0 aromatic heterocycles. The van der Waals surface area contributed by atoms with Gasteiger partial charge >= 0.3 is 0 Å². The van der Waals surface area contributed by atoms with E-state index in [1.165, 1.54) is 0 Å². The molecule has 14 heavy (non-hydrogen) atoms. The molecule has 0 aliphatic heterocycles. The topological polar surface area (TPSA) is 98.2 Å². The molecule has 0 fully saturated rings. The molecule has 0 bridgehead atoms. The van der Waals surface area contributed by atoms with Gasteiger partial charge in [-0.25, -0.2) is 0 Å².